The molecule has 1 aliphatic rings. The van der Waals surface area contributed by atoms with E-state index in [4.69, 9.17) is 0 Å². The van der Waals surface area contributed by atoms with Crippen molar-refractivity contribution in [2.45, 2.75) is 51.5 Å². The van der Waals surface area contributed by atoms with Crippen molar-refractivity contribution in [2.24, 2.45) is 0 Å². The number of hydrogen-bond acceptors (Lipinski definition) is 2. The van der Waals surface area contributed by atoms with E-state index in [1.54, 1.807) is 0 Å². The first-order valence-electron chi connectivity index (χ1n) is 7.75. The van der Waals surface area contributed by atoms with Crippen molar-refractivity contribution in [2.75, 3.05) is 13.1 Å². The van der Waals surface area contributed by atoms with Crippen molar-refractivity contribution in [3.63, 3.8) is 0 Å². The molecule has 0 amide bonds. The average molecular weight is 295 g/mol. The Bertz CT molecular complexity index is 506. The van der Waals surface area contributed by atoms with Crippen LogP contribution in [0.5, 0.6) is 0 Å². The molecule has 4 heteroatoms. The Morgan fingerprint density at radius 2 is 1.76 bits per heavy atom. The lowest BCUT2D eigenvalue weighted by Gasteiger charge is -2.39. The van der Waals surface area contributed by atoms with Gasteiger partial charge in [0.1, 0.15) is 0 Å². The largest absolute Gasteiger partial charge is 0.297 e. The van der Waals surface area contributed by atoms with Gasteiger partial charge in [0, 0.05) is 6.42 Å². The molecule has 0 aromatic heterocycles. The lowest BCUT2D eigenvalue weighted by Crippen LogP contribution is -2.53. The third-order valence-electron chi connectivity index (χ3n) is 4.75. The summed E-state index contributed by atoms with van der Waals surface area (Å²) in [5, 5.41) is 0. The number of benzene rings is 1. The van der Waals surface area contributed by atoms with E-state index in [1.165, 1.54) is 6.07 Å². The van der Waals surface area contributed by atoms with Crippen LogP contribution in [0.25, 0.3) is 0 Å². The van der Waals surface area contributed by atoms with Gasteiger partial charge in [0.25, 0.3) is 0 Å². The van der Waals surface area contributed by atoms with Crippen molar-refractivity contribution >= 4 is 5.78 Å². The molecule has 1 aromatic rings. The zero-order valence-electron chi connectivity index (χ0n) is 12.8. The summed E-state index contributed by atoms with van der Waals surface area (Å²) >= 11 is 0. The maximum atomic E-state index is 13.3. The highest BCUT2D eigenvalue weighted by molar-refractivity contribution is 5.90. The number of carbonyl (C=O) groups is 1. The maximum absolute atomic E-state index is 13.3. The molecule has 0 atom stereocenters. The second kappa shape index (κ2) is 6.65. The molecule has 0 radical (unpaired) electrons. The number of hydrogen-bond donors (Lipinski definition) is 0. The van der Waals surface area contributed by atoms with Crippen LogP contribution in [0.3, 0.4) is 0 Å². The van der Waals surface area contributed by atoms with Crippen LogP contribution < -0.4 is 0 Å². The minimum Gasteiger partial charge on any atom is -0.297 e. The van der Waals surface area contributed by atoms with Crippen molar-refractivity contribution < 1.29 is 13.6 Å². The number of Topliss-reactive ketones (excluding diaryl/α,β-unsaturated/α-hetero) is 1. The molecule has 1 fully saturated rings. The van der Waals surface area contributed by atoms with Crippen LogP contribution in [-0.4, -0.2) is 29.3 Å². The van der Waals surface area contributed by atoms with E-state index in [2.05, 4.69) is 4.90 Å². The van der Waals surface area contributed by atoms with E-state index >= 15 is 0 Å². The Balaban J connectivity index is 2.20. The van der Waals surface area contributed by atoms with Gasteiger partial charge in [-0.1, -0.05) is 19.9 Å². The van der Waals surface area contributed by atoms with Gasteiger partial charge in [0.15, 0.2) is 17.4 Å². The van der Waals surface area contributed by atoms with Crippen molar-refractivity contribution in [1.82, 2.24) is 4.90 Å². The van der Waals surface area contributed by atoms with Crippen LogP contribution in [0.15, 0.2) is 18.2 Å². The lowest BCUT2D eigenvalue weighted by molar-refractivity contribution is -0.130. The lowest BCUT2D eigenvalue weighted by atomic mass is 9.83. The molecular weight excluding hydrogens is 272 g/mol. The fraction of sp³-hybridized carbons (Fsp3) is 0.588. The fourth-order valence-electron chi connectivity index (χ4n) is 3.41. The molecule has 0 bridgehead atoms. The van der Waals surface area contributed by atoms with E-state index < -0.39 is 17.2 Å². The van der Waals surface area contributed by atoms with Gasteiger partial charge in [-0.3, -0.25) is 9.69 Å². The van der Waals surface area contributed by atoms with Crippen LogP contribution in [0.2, 0.25) is 0 Å². The fourth-order valence-corrected chi connectivity index (χ4v) is 3.41. The van der Waals surface area contributed by atoms with E-state index in [-0.39, 0.29) is 12.2 Å². The Morgan fingerprint density at radius 1 is 1.14 bits per heavy atom. The minimum absolute atomic E-state index is 0.111. The van der Waals surface area contributed by atoms with Crippen LogP contribution in [0, 0.1) is 11.6 Å². The van der Waals surface area contributed by atoms with Gasteiger partial charge in [-0.05, 0) is 56.5 Å². The maximum Gasteiger partial charge on any atom is 0.159 e. The molecule has 0 unspecified atom stereocenters. The van der Waals surface area contributed by atoms with E-state index in [1.807, 2.05) is 13.8 Å². The molecule has 0 N–H and O–H groups in total. The normalized spacial score (nSPS) is 16.4. The number of rotatable bonds is 6. The number of halogens is 2. The molecular formula is C17H23F2NO. The Hall–Kier alpha value is -1.29. The summed E-state index contributed by atoms with van der Waals surface area (Å²) in [5.41, 5.74) is 0.0887. The average Bonchev–Trinajstić information content (AvgIpc) is 3.00. The monoisotopic (exact) mass is 295 g/mol. The molecule has 2 nitrogen and oxygen atoms in total. The SMILES string of the molecule is CCC(CC)(C(=O)Cc1ccc(F)c(F)c1)N1CCCC1. The van der Waals surface area contributed by atoms with Crippen LogP contribution >= 0.6 is 0 Å². The van der Waals surface area contributed by atoms with Crippen LogP contribution in [-0.2, 0) is 11.2 Å². The first-order valence-corrected chi connectivity index (χ1v) is 7.75. The molecule has 0 aliphatic carbocycles. The summed E-state index contributed by atoms with van der Waals surface area (Å²) < 4.78 is 26.3. The smallest absolute Gasteiger partial charge is 0.159 e. The molecule has 1 aromatic carbocycles. The second-order valence-corrected chi connectivity index (χ2v) is 5.78. The highest BCUT2D eigenvalue weighted by Crippen LogP contribution is 2.30. The van der Waals surface area contributed by atoms with Gasteiger partial charge in [-0.25, -0.2) is 8.78 Å². The molecule has 1 saturated heterocycles. The topological polar surface area (TPSA) is 20.3 Å². The summed E-state index contributed by atoms with van der Waals surface area (Å²) in [6, 6.07) is 3.72. The van der Waals surface area contributed by atoms with E-state index in [0.29, 0.717) is 5.56 Å². The number of carbonyl (C=O) groups excluding carboxylic acids is 1. The summed E-state index contributed by atoms with van der Waals surface area (Å²) in [6.07, 6.45) is 3.92. The summed E-state index contributed by atoms with van der Waals surface area (Å²) in [6.45, 7) is 5.96. The number of ketones is 1. The van der Waals surface area contributed by atoms with Gasteiger partial charge in [-0.2, -0.15) is 0 Å². The van der Waals surface area contributed by atoms with E-state index in [0.717, 1.165) is 50.9 Å². The van der Waals surface area contributed by atoms with Crippen molar-refractivity contribution in [3.05, 3.63) is 35.4 Å². The molecule has 21 heavy (non-hydrogen) atoms. The number of nitrogens with zero attached hydrogens (tertiary/aromatic N) is 1. The predicted octanol–water partition coefficient (Wildman–Crippen LogP) is 3.73. The summed E-state index contributed by atoms with van der Waals surface area (Å²) in [5.74, 6) is -1.65. The van der Waals surface area contributed by atoms with Gasteiger partial charge in [0.2, 0.25) is 0 Å². The molecule has 116 valence electrons. The zero-order chi connectivity index (χ0) is 15.5. The van der Waals surface area contributed by atoms with Crippen LogP contribution in [0.1, 0.15) is 45.1 Å². The first-order chi connectivity index (χ1) is 10.0. The Morgan fingerprint density at radius 3 is 2.29 bits per heavy atom. The second-order valence-electron chi connectivity index (χ2n) is 5.78. The Kier molecular flexibility index (Phi) is 5.09. The predicted molar refractivity (Wildman–Crippen MR) is 79.2 cm³/mol. The third kappa shape index (κ3) is 3.15. The van der Waals surface area contributed by atoms with Gasteiger partial charge < -0.3 is 0 Å². The molecule has 1 heterocycles. The third-order valence-corrected chi connectivity index (χ3v) is 4.75. The minimum atomic E-state index is -0.889. The highest BCUT2D eigenvalue weighted by atomic mass is 19.2. The summed E-state index contributed by atoms with van der Waals surface area (Å²) in [7, 11) is 0. The van der Waals surface area contributed by atoms with Crippen molar-refractivity contribution in [1.29, 1.82) is 0 Å². The van der Waals surface area contributed by atoms with E-state index in [9.17, 15) is 13.6 Å². The summed E-state index contributed by atoms with van der Waals surface area (Å²) in [4.78, 5) is 15.1. The first kappa shape index (κ1) is 16.1. The Labute approximate surface area is 125 Å². The van der Waals surface area contributed by atoms with Gasteiger partial charge in [0.05, 0.1) is 5.54 Å². The standard InChI is InChI=1S/C17H23F2NO/c1-3-17(4-2,20-9-5-6-10-20)16(21)12-13-7-8-14(18)15(19)11-13/h7-8,11H,3-6,9-10,12H2,1-2H3. The molecule has 0 saturated carbocycles. The van der Waals surface area contributed by atoms with Crippen LogP contribution in [0.4, 0.5) is 8.78 Å². The zero-order valence-corrected chi connectivity index (χ0v) is 12.8. The van der Waals surface area contributed by atoms with Crippen molar-refractivity contribution in [3.8, 4) is 0 Å². The number of likely N-dealkylation sites (tertiary alicyclic amines) is 1. The quantitative estimate of drug-likeness (QED) is 0.797. The highest BCUT2D eigenvalue weighted by Gasteiger charge is 2.41. The molecule has 0 spiro atoms. The van der Waals surface area contributed by atoms with Gasteiger partial charge >= 0.3 is 0 Å². The molecule has 1 aliphatic heterocycles. The van der Waals surface area contributed by atoms with Gasteiger partial charge in [-0.15, -0.1) is 0 Å². The molecule has 2 rings (SSSR count).